The van der Waals surface area contributed by atoms with E-state index in [9.17, 15) is 0 Å². The van der Waals surface area contributed by atoms with Crippen molar-refractivity contribution in [2.75, 3.05) is 13.1 Å². The molecule has 0 fully saturated rings. The van der Waals surface area contributed by atoms with Gasteiger partial charge in [-0.05, 0) is 45.4 Å². The first-order valence-corrected chi connectivity index (χ1v) is 9.16. The molecule has 3 aromatic rings. The van der Waals surface area contributed by atoms with Crippen LogP contribution in [0.2, 0.25) is 0 Å². The van der Waals surface area contributed by atoms with E-state index in [0.29, 0.717) is 6.54 Å². The molecule has 0 atom stereocenters. The van der Waals surface area contributed by atoms with Crippen molar-refractivity contribution >= 4 is 16.9 Å². The van der Waals surface area contributed by atoms with Crippen LogP contribution in [0, 0.1) is 13.8 Å². The van der Waals surface area contributed by atoms with Gasteiger partial charge in [0.1, 0.15) is 17.9 Å². The predicted molar refractivity (Wildman–Crippen MR) is 105 cm³/mol. The van der Waals surface area contributed by atoms with Crippen molar-refractivity contribution in [1.29, 1.82) is 0 Å². The number of guanidine groups is 1. The molecular weight excluding hydrogens is 326 g/mol. The summed E-state index contributed by atoms with van der Waals surface area (Å²) in [4.78, 5) is 4.62. The number of nitrogens with zero attached hydrogens (tertiary/aromatic N) is 3. The van der Waals surface area contributed by atoms with Crippen LogP contribution in [0.25, 0.3) is 11.0 Å². The minimum atomic E-state index is 0.515. The summed E-state index contributed by atoms with van der Waals surface area (Å²) in [5, 5.41) is 12.3. The van der Waals surface area contributed by atoms with Gasteiger partial charge in [-0.1, -0.05) is 18.2 Å². The number of rotatable bonds is 7. The van der Waals surface area contributed by atoms with E-state index >= 15 is 0 Å². The second-order valence-electron chi connectivity index (χ2n) is 6.38. The van der Waals surface area contributed by atoms with E-state index in [1.165, 1.54) is 5.69 Å². The quantitative estimate of drug-likeness (QED) is 0.388. The number of furan rings is 1. The first kappa shape index (κ1) is 18.0. The second-order valence-corrected chi connectivity index (χ2v) is 6.38. The van der Waals surface area contributed by atoms with E-state index in [-0.39, 0.29) is 0 Å². The van der Waals surface area contributed by atoms with Crippen LogP contribution in [0.5, 0.6) is 0 Å². The van der Waals surface area contributed by atoms with Crippen LogP contribution in [0.15, 0.2) is 45.8 Å². The van der Waals surface area contributed by atoms with E-state index in [1.807, 2.05) is 31.2 Å². The number of aryl methyl sites for hydroxylation is 3. The summed E-state index contributed by atoms with van der Waals surface area (Å²) >= 11 is 0. The van der Waals surface area contributed by atoms with Crippen LogP contribution in [0.1, 0.15) is 30.5 Å². The lowest BCUT2D eigenvalue weighted by Gasteiger charge is -2.11. The van der Waals surface area contributed by atoms with Crippen LogP contribution in [-0.2, 0) is 13.1 Å². The highest BCUT2D eigenvalue weighted by Gasteiger charge is 2.04. The Morgan fingerprint density at radius 2 is 2.04 bits per heavy atom. The molecule has 3 rings (SSSR count). The van der Waals surface area contributed by atoms with Gasteiger partial charge in [-0.2, -0.15) is 5.10 Å². The van der Waals surface area contributed by atoms with Gasteiger partial charge in [-0.3, -0.25) is 4.68 Å². The molecule has 0 spiro atoms. The zero-order valence-electron chi connectivity index (χ0n) is 15.7. The van der Waals surface area contributed by atoms with E-state index in [4.69, 9.17) is 4.42 Å². The van der Waals surface area contributed by atoms with Crippen molar-refractivity contribution in [2.24, 2.45) is 4.99 Å². The molecule has 0 amide bonds. The molecule has 1 aromatic carbocycles. The molecule has 26 heavy (non-hydrogen) atoms. The van der Waals surface area contributed by atoms with Gasteiger partial charge >= 0.3 is 0 Å². The van der Waals surface area contributed by atoms with Crippen molar-refractivity contribution in [3.63, 3.8) is 0 Å². The molecule has 6 nitrogen and oxygen atoms in total. The van der Waals surface area contributed by atoms with Crippen LogP contribution < -0.4 is 10.6 Å². The fourth-order valence-electron chi connectivity index (χ4n) is 2.95. The van der Waals surface area contributed by atoms with Gasteiger partial charge in [-0.25, -0.2) is 4.99 Å². The van der Waals surface area contributed by atoms with Crippen molar-refractivity contribution in [3.8, 4) is 0 Å². The molecule has 2 N–H and O–H groups in total. The Hall–Kier alpha value is -2.76. The summed E-state index contributed by atoms with van der Waals surface area (Å²) in [5.74, 6) is 1.67. The number of aliphatic imine (C=N–C) groups is 1. The number of fused-ring (bicyclic) bond motifs is 1. The van der Waals surface area contributed by atoms with Crippen molar-refractivity contribution in [1.82, 2.24) is 20.4 Å². The molecule has 0 saturated heterocycles. The van der Waals surface area contributed by atoms with E-state index in [0.717, 1.165) is 54.4 Å². The zero-order valence-corrected chi connectivity index (χ0v) is 15.7. The van der Waals surface area contributed by atoms with Gasteiger partial charge in [0.25, 0.3) is 0 Å². The summed E-state index contributed by atoms with van der Waals surface area (Å²) in [7, 11) is 0. The highest BCUT2D eigenvalue weighted by atomic mass is 16.3. The topological polar surface area (TPSA) is 67.4 Å². The fourth-order valence-corrected chi connectivity index (χ4v) is 2.95. The minimum absolute atomic E-state index is 0.515. The highest BCUT2D eigenvalue weighted by molar-refractivity contribution is 5.80. The second kappa shape index (κ2) is 8.56. The Morgan fingerprint density at radius 3 is 2.77 bits per heavy atom. The SMILES string of the molecule is CCNC(=NCc1cc2ccccc2o1)NCCCn1nc(C)cc1C. The maximum atomic E-state index is 5.82. The summed E-state index contributed by atoms with van der Waals surface area (Å²) in [6.45, 7) is 9.25. The number of nitrogens with one attached hydrogen (secondary N) is 2. The lowest BCUT2D eigenvalue weighted by Crippen LogP contribution is -2.38. The third-order valence-electron chi connectivity index (χ3n) is 4.16. The van der Waals surface area contributed by atoms with E-state index in [1.54, 1.807) is 0 Å². The Morgan fingerprint density at radius 1 is 1.19 bits per heavy atom. The summed E-state index contributed by atoms with van der Waals surface area (Å²) in [6.07, 6.45) is 0.983. The van der Waals surface area contributed by atoms with E-state index < -0.39 is 0 Å². The molecular formula is C20H27N5O. The van der Waals surface area contributed by atoms with Crippen molar-refractivity contribution in [3.05, 3.63) is 53.5 Å². The Kier molecular flexibility index (Phi) is 5.94. The standard InChI is InChI=1S/C20H27N5O/c1-4-21-20(22-10-7-11-25-16(3)12-15(2)24-25)23-14-18-13-17-8-5-6-9-19(17)26-18/h5-6,8-9,12-13H,4,7,10-11,14H2,1-3H3,(H2,21,22,23). The van der Waals surface area contributed by atoms with Crippen LogP contribution in [0.3, 0.4) is 0 Å². The number of aromatic nitrogens is 2. The molecule has 0 saturated carbocycles. The zero-order chi connectivity index (χ0) is 18.4. The summed E-state index contributed by atoms with van der Waals surface area (Å²) in [6, 6.07) is 12.2. The molecule has 0 unspecified atom stereocenters. The van der Waals surface area contributed by atoms with Gasteiger partial charge in [0.05, 0.1) is 5.69 Å². The number of para-hydroxylation sites is 1. The molecule has 0 bridgehead atoms. The Labute approximate surface area is 154 Å². The number of benzene rings is 1. The minimum Gasteiger partial charge on any atom is -0.459 e. The van der Waals surface area contributed by atoms with Gasteiger partial charge in [0, 0.05) is 30.7 Å². The summed E-state index contributed by atoms with van der Waals surface area (Å²) < 4.78 is 7.87. The lowest BCUT2D eigenvalue weighted by atomic mass is 10.2. The molecule has 138 valence electrons. The predicted octanol–water partition coefficient (Wildman–Crippen LogP) is 3.39. The van der Waals surface area contributed by atoms with Crippen LogP contribution in [-0.4, -0.2) is 28.8 Å². The summed E-state index contributed by atoms with van der Waals surface area (Å²) in [5.41, 5.74) is 3.17. The van der Waals surface area contributed by atoms with Gasteiger partial charge in [0.15, 0.2) is 5.96 Å². The number of hydrogen-bond acceptors (Lipinski definition) is 3. The average molecular weight is 353 g/mol. The van der Waals surface area contributed by atoms with Gasteiger partial charge in [-0.15, -0.1) is 0 Å². The fraction of sp³-hybridized carbons (Fsp3) is 0.400. The lowest BCUT2D eigenvalue weighted by molar-refractivity contribution is 0.547. The van der Waals surface area contributed by atoms with Crippen molar-refractivity contribution < 1.29 is 4.42 Å². The van der Waals surface area contributed by atoms with E-state index in [2.05, 4.69) is 51.4 Å². The average Bonchev–Trinajstić information content (AvgIpc) is 3.18. The molecule has 6 heteroatoms. The third-order valence-corrected chi connectivity index (χ3v) is 4.16. The molecule has 0 aliphatic rings. The van der Waals surface area contributed by atoms with Crippen LogP contribution in [0.4, 0.5) is 0 Å². The molecule has 0 aliphatic heterocycles. The molecule has 2 heterocycles. The highest BCUT2D eigenvalue weighted by Crippen LogP contribution is 2.19. The largest absolute Gasteiger partial charge is 0.459 e. The first-order chi connectivity index (χ1) is 12.7. The maximum Gasteiger partial charge on any atom is 0.191 e. The Balaban J connectivity index is 1.52. The Bertz CT molecular complexity index is 844. The molecule has 0 aliphatic carbocycles. The maximum absolute atomic E-state index is 5.82. The normalized spacial score (nSPS) is 11.9. The molecule has 0 radical (unpaired) electrons. The molecule has 2 aromatic heterocycles. The number of hydrogen-bond donors (Lipinski definition) is 2. The smallest absolute Gasteiger partial charge is 0.191 e. The monoisotopic (exact) mass is 353 g/mol. The first-order valence-electron chi connectivity index (χ1n) is 9.16. The van der Waals surface area contributed by atoms with Crippen molar-refractivity contribution in [2.45, 2.75) is 40.3 Å². The van der Waals surface area contributed by atoms with Gasteiger partial charge in [0.2, 0.25) is 0 Å². The van der Waals surface area contributed by atoms with Crippen LogP contribution >= 0.6 is 0 Å². The third kappa shape index (κ3) is 4.65. The van der Waals surface area contributed by atoms with Gasteiger partial charge < -0.3 is 15.1 Å².